The number of rotatable bonds is 6. The van der Waals surface area contributed by atoms with Gasteiger partial charge in [-0.25, -0.2) is 4.79 Å². The van der Waals surface area contributed by atoms with E-state index in [2.05, 4.69) is 10.1 Å². The van der Waals surface area contributed by atoms with E-state index in [1.807, 2.05) is 0 Å². The Labute approximate surface area is 139 Å². The Morgan fingerprint density at radius 1 is 1.12 bits per heavy atom. The van der Waals surface area contributed by atoms with Gasteiger partial charge in [0.25, 0.3) is 5.91 Å². The number of hydrogen-bond donors (Lipinski definition) is 1. The maximum Gasteiger partial charge on any atom is 0.387 e. The van der Waals surface area contributed by atoms with Gasteiger partial charge in [0, 0.05) is 6.04 Å². The number of benzene rings is 1. The lowest BCUT2D eigenvalue weighted by Crippen LogP contribution is -2.42. The number of amides is 1. The predicted molar refractivity (Wildman–Crippen MR) is 83.0 cm³/mol. The number of carbonyl (C=O) groups is 2. The van der Waals surface area contributed by atoms with Crippen molar-refractivity contribution in [2.75, 3.05) is 0 Å². The smallest absolute Gasteiger partial charge is 0.387 e. The fourth-order valence-corrected chi connectivity index (χ4v) is 2.62. The van der Waals surface area contributed by atoms with Crippen LogP contribution in [-0.4, -0.2) is 30.6 Å². The number of carbonyl (C=O) groups excluding carboxylic acids is 2. The second kappa shape index (κ2) is 8.61. The molecule has 24 heavy (non-hydrogen) atoms. The monoisotopic (exact) mass is 341 g/mol. The van der Waals surface area contributed by atoms with Gasteiger partial charge < -0.3 is 14.8 Å². The lowest BCUT2D eigenvalue weighted by molar-refractivity contribution is -0.130. The van der Waals surface area contributed by atoms with Crippen LogP contribution in [0.4, 0.5) is 8.78 Å². The van der Waals surface area contributed by atoms with E-state index in [1.165, 1.54) is 37.6 Å². The van der Waals surface area contributed by atoms with Crippen molar-refractivity contribution in [3.05, 3.63) is 29.8 Å². The number of nitrogens with one attached hydrogen (secondary N) is 1. The molecule has 1 N–H and O–H groups in total. The predicted octanol–water partition coefficient (Wildman–Crippen LogP) is 3.28. The van der Waals surface area contributed by atoms with Crippen LogP contribution in [0.3, 0.4) is 0 Å². The molecule has 0 radical (unpaired) electrons. The molecule has 1 saturated carbocycles. The van der Waals surface area contributed by atoms with Gasteiger partial charge in [0.05, 0.1) is 5.56 Å². The molecule has 0 bridgehead atoms. The fraction of sp³-hybridized carbons (Fsp3) is 0.529. The molecule has 7 heteroatoms. The third kappa shape index (κ3) is 5.47. The van der Waals surface area contributed by atoms with Crippen LogP contribution in [0.2, 0.25) is 0 Å². The van der Waals surface area contributed by atoms with Crippen molar-refractivity contribution >= 4 is 11.9 Å². The van der Waals surface area contributed by atoms with Crippen molar-refractivity contribution in [1.82, 2.24) is 5.32 Å². The number of ether oxygens (including phenoxy) is 2. The zero-order chi connectivity index (χ0) is 17.5. The lowest BCUT2D eigenvalue weighted by Gasteiger charge is -2.24. The van der Waals surface area contributed by atoms with Crippen LogP contribution in [0.5, 0.6) is 5.75 Å². The lowest BCUT2D eigenvalue weighted by atomic mass is 9.95. The van der Waals surface area contributed by atoms with Gasteiger partial charge in [-0.05, 0) is 44.0 Å². The Bertz CT molecular complexity index is 556. The zero-order valence-electron chi connectivity index (χ0n) is 13.5. The number of hydrogen-bond acceptors (Lipinski definition) is 4. The number of esters is 1. The Kier molecular flexibility index (Phi) is 6.52. The average Bonchev–Trinajstić information content (AvgIpc) is 2.55. The topological polar surface area (TPSA) is 64.6 Å². The van der Waals surface area contributed by atoms with Gasteiger partial charge in [-0.15, -0.1) is 0 Å². The quantitative estimate of drug-likeness (QED) is 0.807. The summed E-state index contributed by atoms with van der Waals surface area (Å²) in [4.78, 5) is 24.1. The molecule has 0 saturated heterocycles. The van der Waals surface area contributed by atoms with Crippen molar-refractivity contribution < 1.29 is 27.8 Å². The van der Waals surface area contributed by atoms with Crippen LogP contribution in [0.1, 0.15) is 49.4 Å². The molecule has 2 rings (SSSR count). The number of alkyl halides is 2. The first-order chi connectivity index (χ1) is 11.5. The van der Waals surface area contributed by atoms with E-state index < -0.39 is 18.7 Å². The molecule has 1 aliphatic rings. The summed E-state index contributed by atoms with van der Waals surface area (Å²) in [6.07, 6.45) is 4.33. The molecule has 0 aromatic heterocycles. The first kappa shape index (κ1) is 18.2. The minimum atomic E-state index is -2.92. The molecule has 1 amide bonds. The maximum absolute atomic E-state index is 12.1. The van der Waals surface area contributed by atoms with Gasteiger partial charge in [-0.3, -0.25) is 4.79 Å². The molecule has 1 atom stereocenters. The Morgan fingerprint density at radius 2 is 1.75 bits per heavy atom. The van der Waals surface area contributed by atoms with E-state index in [9.17, 15) is 18.4 Å². The van der Waals surface area contributed by atoms with Crippen molar-refractivity contribution in [2.45, 2.75) is 57.8 Å². The van der Waals surface area contributed by atoms with E-state index in [4.69, 9.17) is 4.74 Å². The van der Waals surface area contributed by atoms with Gasteiger partial charge in [0.1, 0.15) is 5.75 Å². The van der Waals surface area contributed by atoms with E-state index in [-0.39, 0.29) is 23.3 Å². The first-order valence-corrected chi connectivity index (χ1v) is 8.02. The third-order valence-electron chi connectivity index (χ3n) is 3.92. The highest BCUT2D eigenvalue weighted by Crippen LogP contribution is 2.18. The van der Waals surface area contributed by atoms with E-state index in [0.29, 0.717) is 0 Å². The van der Waals surface area contributed by atoms with Crippen LogP contribution >= 0.6 is 0 Å². The largest absolute Gasteiger partial charge is 0.449 e. The van der Waals surface area contributed by atoms with Gasteiger partial charge >= 0.3 is 12.6 Å². The normalized spacial score (nSPS) is 16.5. The molecule has 1 aromatic carbocycles. The fourth-order valence-electron chi connectivity index (χ4n) is 2.62. The summed E-state index contributed by atoms with van der Waals surface area (Å²) in [5, 5.41) is 2.89. The van der Waals surface area contributed by atoms with Crippen LogP contribution in [-0.2, 0) is 9.53 Å². The summed E-state index contributed by atoms with van der Waals surface area (Å²) in [5.74, 6) is -1.07. The zero-order valence-corrected chi connectivity index (χ0v) is 13.5. The minimum absolute atomic E-state index is 0.0513. The maximum atomic E-state index is 12.1. The Morgan fingerprint density at radius 3 is 2.33 bits per heavy atom. The summed E-state index contributed by atoms with van der Waals surface area (Å²) in [6.45, 7) is -1.42. The Balaban J connectivity index is 1.84. The van der Waals surface area contributed by atoms with Crippen molar-refractivity contribution in [1.29, 1.82) is 0 Å². The van der Waals surface area contributed by atoms with Crippen LogP contribution in [0.15, 0.2) is 24.3 Å². The third-order valence-corrected chi connectivity index (χ3v) is 3.92. The van der Waals surface area contributed by atoms with Crippen molar-refractivity contribution in [3.8, 4) is 5.75 Å². The van der Waals surface area contributed by atoms with E-state index in [0.717, 1.165) is 25.7 Å². The van der Waals surface area contributed by atoms with Crippen LogP contribution in [0.25, 0.3) is 0 Å². The molecule has 1 aromatic rings. The molecule has 0 spiro atoms. The highest BCUT2D eigenvalue weighted by Gasteiger charge is 2.22. The minimum Gasteiger partial charge on any atom is -0.449 e. The summed E-state index contributed by atoms with van der Waals surface area (Å²) in [7, 11) is 0. The van der Waals surface area contributed by atoms with Gasteiger partial charge in [0.15, 0.2) is 6.10 Å². The first-order valence-electron chi connectivity index (χ1n) is 8.02. The molecule has 1 fully saturated rings. The van der Waals surface area contributed by atoms with Crippen molar-refractivity contribution in [2.24, 2.45) is 0 Å². The van der Waals surface area contributed by atoms with E-state index in [1.54, 1.807) is 0 Å². The van der Waals surface area contributed by atoms with Gasteiger partial charge in [0.2, 0.25) is 0 Å². The summed E-state index contributed by atoms with van der Waals surface area (Å²) in [5.41, 5.74) is 0.161. The SMILES string of the molecule is C[C@H](OC(=O)c1ccc(OC(F)F)cc1)C(=O)NC1CCCCC1. The molecule has 0 unspecified atom stereocenters. The Hall–Kier alpha value is -2.18. The van der Waals surface area contributed by atoms with Crippen molar-refractivity contribution in [3.63, 3.8) is 0 Å². The summed E-state index contributed by atoms with van der Waals surface area (Å²) >= 11 is 0. The number of halogens is 2. The molecule has 0 heterocycles. The molecule has 5 nitrogen and oxygen atoms in total. The molecule has 1 aliphatic carbocycles. The van der Waals surface area contributed by atoms with Crippen LogP contribution < -0.4 is 10.1 Å². The van der Waals surface area contributed by atoms with E-state index >= 15 is 0 Å². The van der Waals surface area contributed by atoms with Crippen LogP contribution in [0, 0.1) is 0 Å². The second-order valence-corrected chi connectivity index (χ2v) is 5.79. The standard InChI is InChI=1S/C17H21F2NO4/c1-11(15(21)20-13-5-3-2-4-6-13)23-16(22)12-7-9-14(10-8-12)24-17(18)19/h7-11,13,17H,2-6H2,1H3,(H,20,21)/t11-/m0/s1. The van der Waals surface area contributed by atoms with Gasteiger partial charge in [-0.1, -0.05) is 19.3 Å². The highest BCUT2D eigenvalue weighted by atomic mass is 19.3. The molecule has 0 aliphatic heterocycles. The van der Waals surface area contributed by atoms with Gasteiger partial charge in [-0.2, -0.15) is 8.78 Å². The molecule has 132 valence electrons. The highest BCUT2D eigenvalue weighted by molar-refractivity contribution is 5.92. The molecular weight excluding hydrogens is 320 g/mol. The average molecular weight is 341 g/mol. The summed E-state index contributed by atoms with van der Waals surface area (Å²) in [6, 6.07) is 5.25. The summed E-state index contributed by atoms with van der Waals surface area (Å²) < 4.78 is 33.5. The second-order valence-electron chi connectivity index (χ2n) is 5.79. The molecular formula is C17H21F2NO4.